The lowest BCUT2D eigenvalue weighted by molar-refractivity contribution is 0.122. The molecule has 6 heteroatoms. The van der Waals surface area contributed by atoms with Gasteiger partial charge in [0.05, 0.1) is 18.8 Å². The number of benzene rings is 1. The third-order valence-corrected chi connectivity index (χ3v) is 3.99. The average Bonchev–Trinajstić information content (AvgIpc) is 2.49. The maximum Gasteiger partial charge on any atom is 0.228 e. The number of ether oxygens (including phenoxy) is 1. The molecule has 0 aliphatic carbocycles. The highest BCUT2D eigenvalue weighted by molar-refractivity contribution is 6.37. The van der Waals surface area contributed by atoms with Crippen LogP contribution in [0.25, 0.3) is 11.1 Å². The summed E-state index contributed by atoms with van der Waals surface area (Å²) < 4.78 is 5.32. The van der Waals surface area contributed by atoms with Crippen LogP contribution in [0.1, 0.15) is 5.56 Å². The van der Waals surface area contributed by atoms with Gasteiger partial charge >= 0.3 is 0 Å². The fourth-order valence-corrected chi connectivity index (χ4v) is 2.86. The summed E-state index contributed by atoms with van der Waals surface area (Å²) in [7, 11) is 0. The third kappa shape index (κ3) is 3.12. The number of nitrogens with zero attached hydrogens (tertiary/aromatic N) is 3. The Bertz CT molecular complexity index is 617. The normalized spacial score (nSPS) is 15.3. The van der Waals surface area contributed by atoms with E-state index in [1.807, 2.05) is 36.1 Å². The monoisotopic (exact) mass is 323 g/mol. The molecule has 0 N–H and O–H groups in total. The Morgan fingerprint density at radius 1 is 1.00 bits per heavy atom. The van der Waals surface area contributed by atoms with E-state index in [2.05, 4.69) is 9.97 Å². The molecule has 4 nitrogen and oxygen atoms in total. The maximum absolute atomic E-state index is 6.33. The zero-order valence-corrected chi connectivity index (χ0v) is 13.2. The fraction of sp³-hybridized carbons (Fsp3) is 0.333. The standard InChI is InChI=1S/C15H15Cl2N3O/c1-10-2-4-11(5-3-10)12-13(16)18-15(19-14(12)17)20-6-8-21-9-7-20/h2-5H,6-9H2,1H3. The summed E-state index contributed by atoms with van der Waals surface area (Å²) in [4.78, 5) is 10.8. The Morgan fingerprint density at radius 3 is 2.14 bits per heavy atom. The molecule has 0 atom stereocenters. The van der Waals surface area contributed by atoms with Gasteiger partial charge in [0.25, 0.3) is 0 Å². The first-order valence-corrected chi connectivity index (χ1v) is 7.53. The molecular weight excluding hydrogens is 309 g/mol. The lowest BCUT2D eigenvalue weighted by Gasteiger charge is -2.27. The van der Waals surface area contributed by atoms with Gasteiger partial charge in [-0.15, -0.1) is 0 Å². The third-order valence-electron chi connectivity index (χ3n) is 3.44. The molecule has 1 saturated heterocycles. The quantitative estimate of drug-likeness (QED) is 0.791. The second-order valence-corrected chi connectivity index (χ2v) is 5.66. The van der Waals surface area contributed by atoms with Gasteiger partial charge in [-0.25, -0.2) is 9.97 Å². The van der Waals surface area contributed by atoms with E-state index in [0.29, 0.717) is 35.0 Å². The topological polar surface area (TPSA) is 38.2 Å². The van der Waals surface area contributed by atoms with E-state index in [4.69, 9.17) is 27.9 Å². The lowest BCUT2D eigenvalue weighted by Crippen LogP contribution is -2.37. The second-order valence-electron chi connectivity index (χ2n) is 4.95. The Labute approximate surface area is 133 Å². The minimum Gasteiger partial charge on any atom is -0.378 e. The summed E-state index contributed by atoms with van der Waals surface area (Å²) in [5.41, 5.74) is 2.77. The van der Waals surface area contributed by atoms with Gasteiger partial charge in [-0.05, 0) is 12.5 Å². The molecule has 1 aromatic carbocycles. The van der Waals surface area contributed by atoms with Crippen LogP contribution in [0.15, 0.2) is 24.3 Å². The van der Waals surface area contributed by atoms with Crippen molar-refractivity contribution in [2.45, 2.75) is 6.92 Å². The first-order valence-electron chi connectivity index (χ1n) is 6.78. The molecule has 2 aromatic rings. The maximum atomic E-state index is 6.33. The van der Waals surface area contributed by atoms with Crippen molar-refractivity contribution in [3.8, 4) is 11.1 Å². The first kappa shape index (κ1) is 14.6. The van der Waals surface area contributed by atoms with Crippen molar-refractivity contribution in [1.29, 1.82) is 0 Å². The summed E-state index contributed by atoms with van der Waals surface area (Å²) in [6, 6.07) is 7.97. The van der Waals surface area contributed by atoms with Gasteiger partial charge in [-0.2, -0.15) is 0 Å². The van der Waals surface area contributed by atoms with Crippen LogP contribution in [0.2, 0.25) is 10.3 Å². The van der Waals surface area contributed by atoms with Gasteiger partial charge < -0.3 is 9.64 Å². The Balaban J connectivity index is 1.97. The molecule has 0 amide bonds. The summed E-state index contributed by atoms with van der Waals surface area (Å²) in [6.45, 7) is 4.86. The van der Waals surface area contributed by atoms with E-state index in [-0.39, 0.29) is 0 Å². The summed E-state index contributed by atoms with van der Waals surface area (Å²) in [5.74, 6) is 0.559. The van der Waals surface area contributed by atoms with Gasteiger partial charge in [0, 0.05) is 13.1 Å². The number of anilines is 1. The van der Waals surface area contributed by atoms with Crippen LogP contribution in [0, 0.1) is 6.92 Å². The number of hydrogen-bond acceptors (Lipinski definition) is 4. The van der Waals surface area contributed by atoms with Gasteiger partial charge in [-0.1, -0.05) is 53.0 Å². The smallest absolute Gasteiger partial charge is 0.228 e. The van der Waals surface area contributed by atoms with Crippen molar-refractivity contribution in [3.05, 3.63) is 40.1 Å². The van der Waals surface area contributed by atoms with Crippen LogP contribution in [0.4, 0.5) is 5.95 Å². The van der Waals surface area contributed by atoms with Crippen LogP contribution in [-0.4, -0.2) is 36.3 Å². The molecule has 0 spiro atoms. The van der Waals surface area contributed by atoms with Crippen molar-refractivity contribution < 1.29 is 4.74 Å². The highest BCUT2D eigenvalue weighted by Gasteiger charge is 2.19. The Kier molecular flexibility index (Phi) is 4.29. The predicted octanol–water partition coefficient (Wildman–Crippen LogP) is 3.60. The molecule has 1 aliphatic heterocycles. The van der Waals surface area contributed by atoms with Gasteiger partial charge in [0.1, 0.15) is 10.3 Å². The largest absolute Gasteiger partial charge is 0.378 e. The number of rotatable bonds is 2. The van der Waals surface area contributed by atoms with Crippen molar-refractivity contribution in [3.63, 3.8) is 0 Å². The molecular formula is C15H15Cl2N3O. The second kappa shape index (κ2) is 6.18. The van der Waals surface area contributed by atoms with Crippen LogP contribution < -0.4 is 4.90 Å². The molecule has 1 aromatic heterocycles. The first-order chi connectivity index (χ1) is 10.1. The number of aromatic nitrogens is 2. The van der Waals surface area contributed by atoms with Crippen LogP contribution in [-0.2, 0) is 4.74 Å². The molecule has 0 saturated carbocycles. The van der Waals surface area contributed by atoms with Crippen LogP contribution in [0.5, 0.6) is 0 Å². The molecule has 110 valence electrons. The minimum absolute atomic E-state index is 0.375. The fourth-order valence-electron chi connectivity index (χ4n) is 2.26. The van der Waals surface area contributed by atoms with Crippen molar-refractivity contribution in [1.82, 2.24) is 9.97 Å². The zero-order chi connectivity index (χ0) is 14.8. The predicted molar refractivity (Wildman–Crippen MR) is 85.3 cm³/mol. The van der Waals surface area contributed by atoms with Crippen LogP contribution >= 0.6 is 23.2 Å². The lowest BCUT2D eigenvalue weighted by atomic mass is 10.1. The molecule has 2 heterocycles. The van der Waals surface area contributed by atoms with Crippen molar-refractivity contribution >= 4 is 29.2 Å². The van der Waals surface area contributed by atoms with Gasteiger partial charge in [0.2, 0.25) is 5.95 Å². The van der Waals surface area contributed by atoms with Crippen LogP contribution in [0.3, 0.4) is 0 Å². The Morgan fingerprint density at radius 2 is 1.57 bits per heavy atom. The molecule has 1 fully saturated rings. The molecule has 0 radical (unpaired) electrons. The molecule has 1 aliphatic rings. The van der Waals surface area contributed by atoms with E-state index in [9.17, 15) is 0 Å². The number of halogens is 2. The number of aryl methyl sites for hydroxylation is 1. The van der Waals surface area contributed by atoms with E-state index in [0.717, 1.165) is 18.7 Å². The Hall–Kier alpha value is -1.36. The SMILES string of the molecule is Cc1ccc(-c2c(Cl)nc(N3CCOCC3)nc2Cl)cc1. The molecule has 0 unspecified atom stereocenters. The van der Waals surface area contributed by atoms with Crippen molar-refractivity contribution in [2.24, 2.45) is 0 Å². The molecule has 3 rings (SSSR count). The zero-order valence-electron chi connectivity index (χ0n) is 11.6. The van der Waals surface area contributed by atoms with E-state index in [1.54, 1.807) is 0 Å². The van der Waals surface area contributed by atoms with E-state index in [1.165, 1.54) is 5.56 Å². The summed E-state index contributed by atoms with van der Waals surface area (Å²) >= 11 is 12.7. The number of morpholine rings is 1. The van der Waals surface area contributed by atoms with E-state index < -0.39 is 0 Å². The highest BCUT2D eigenvalue weighted by atomic mass is 35.5. The average molecular weight is 324 g/mol. The minimum atomic E-state index is 0.375. The number of hydrogen-bond donors (Lipinski definition) is 0. The summed E-state index contributed by atoms with van der Waals surface area (Å²) in [5, 5.41) is 0.751. The van der Waals surface area contributed by atoms with E-state index >= 15 is 0 Å². The highest BCUT2D eigenvalue weighted by Crippen LogP contribution is 2.34. The molecule has 0 bridgehead atoms. The van der Waals surface area contributed by atoms with Gasteiger partial charge in [0.15, 0.2) is 0 Å². The molecule has 21 heavy (non-hydrogen) atoms. The van der Waals surface area contributed by atoms with Gasteiger partial charge in [-0.3, -0.25) is 0 Å². The summed E-state index contributed by atoms with van der Waals surface area (Å²) in [6.07, 6.45) is 0. The van der Waals surface area contributed by atoms with Crippen molar-refractivity contribution in [2.75, 3.05) is 31.2 Å².